The van der Waals surface area contributed by atoms with Gasteiger partial charge in [-0.15, -0.1) is 0 Å². The second-order valence-corrected chi connectivity index (χ2v) is 15.3. The third-order valence-electron chi connectivity index (χ3n) is 8.52. The van der Waals surface area contributed by atoms with Crippen LogP contribution in [0.4, 0.5) is 0 Å². The fourth-order valence-electron chi connectivity index (χ4n) is 5.68. The van der Waals surface area contributed by atoms with Gasteiger partial charge in [-0.3, -0.25) is 4.21 Å². The SMILES string of the molecule is CCCCCCCCCCCCCCCCCCOCC(CS(=O)CCCCCOCCCCC[n+]1ccsc1)Oc1ncccn1. The number of aromatic nitrogens is 3. The lowest BCUT2D eigenvalue weighted by atomic mass is 10.0. The molecule has 2 aromatic rings. The van der Waals surface area contributed by atoms with Crippen molar-refractivity contribution in [1.82, 2.24) is 9.97 Å². The van der Waals surface area contributed by atoms with Crippen LogP contribution in [0, 0.1) is 0 Å². The molecule has 7 nitrogen and oxygen atoms in total. The van der Waals surface area contributed by atoms with Crippen LogP contribution in [0.5, 0.6) is 6.01 Å². The second kappa shape index (κ2) is 31.8. The van der Waals surface area contributed by atoms with Gasteiger partial charge in [0, 0.05) is 55.2 Å². The highest BCUT2D eigenvalue weighted by molar-refractivity contribution is 7.85. The molecule has 0 aliphatic carbocycles. The van der Waals surface area contributed by atoms with Gasteiger partial charge in [0.15, 0.2) is 6.20 Å². The zero-order valence-corrected chi connectivity index (χ0v) is 31.5. The summed E-state index contributed by atoms with van der Waals surface area (Å²) in [4.78, 5) is 8.38. The number of aryl methyl sites for hydroxylation is 1. The Hall–Kier alpha value is -1.42. The topological polar surface area (TPSA) is 74.4 Å². The molecule has 9 heteroatoms. The van der Waals surface area contributed by atoms with Gasteiger partial charge in [-0.25, -0.2) is 9.97 Å². The molecule has 0 saturated carbocycles. The van der Waals surface area contributed by atoms with Crippen molar-refractivity contribution in [2.45, 2.75) is 161 Å². The minimum absolute atomic E-state index is 0.305. The molecule has 47 heavy (non-hydrogen) atoms. The van der Waals surface area contributed by atoms with Gasteiger partial charge < -0.3 is 14.2 Å². The maximum Gasteiger partial charge on any atom is 0.316 e. The van der Waals surface area contributed by atoms with Crippen molar-refractivity contribution in [2.24, 2.45) is 0 Å². The van der Waals surface area contributed by atoms with Crippen LogP contribution in [0.1, 0.15) is 148 Å². The molecular weight excluding hydrogens is 627 g/mol. The summed E-state index contributed by atoms with van der Waals surface area (Å²) in [7, 11) is -0.971. The Labute approximate surface area is 294 Å². The van der Waals surface area contributed by atoms with Gasteiger partial charge in [0.1, 0.15) is 12.6 Å². The van der Waals surface area contributed by atoms with Crippen molar-refractivity contribution in [2.75, 3.05) is 37.9 Å². The highest BCUT2D eigenvalue weighted by Crippen LogP contribution is 2.14. The highest BCUT2D eigenvalue weighted by atomic mass is 32.2. The van der Waals surface area contributed by atoms with Crippen LogP contribution in [0.25, 0.3) is 0 Å². The molecule has 0 bridgehead atoms. The third-order valence-corrected chi connectivity index (χ3v) is 10.7. The first-order valence-electron chi connectivity index (χ1n) is 19.1. The zero-order chi connectivity index (χ0) is 33.3. The molecule has 0 amide bonds. The first kappa shape index (κ1) is 41.7. The lowest BCUT2D eigenvalue weighted by molar-refractivity contribution is -0.692. The third kappa shape index (κ3) is 26.2. The van der Waals surface area contributed by atoms with Gasteiger partial charge in [-0.05, 0) is 38.2 Å². The predicted octanol–water partition coefficient (Wildman–Crippen LogP) is 9.66. The number of hydrogen-bond acceptors (Lipinski definition) is 7. The summed E-state index contributed by atoms with van der Waals surface area (Å²) in [5, 5.41) is 2.11. The number of hydrogen-bond donors (Lipinski definition) is 0. The summed E-state index contributed by atoms with van der Waals surface area (Å²) in [5.41, 5.74) is 2.16. The Balaban J connectivity index is 1.42. The van der Waals surface area contributed by atoms with E-state index in [1.54, 1.807) is 29.8 Å². The minimum Gasteiger partial charge on any atom is -0.457 e. The van der Waals surface area contributed by atoms with E-state index < -0.39 is 10.8 Å². The van der Waals surface area contributed by atoms with Crippen molar-refractivity contribution < 1.29 is 23.0 Å². The molecule has 2 aromatic heterocycles. The Morgan fingerprint density at radius 2 is 1.23 bits per heavy atom. The lowest BCUT2D eigenvalue weighted by Crippen LogP contribution is -2.31. The molecule has 0 aliphatic heterocycles. The van der Waals surface area contributed by atoms with Gasteiger partial charge >= 0.3 is 6.01 Å². The van der Waals surface area contributed by atoms with Crippen LogP contribution in [0.15, 0.2) is 35.5 Å². The molecule has 2 rings (SSSR count). The summed E-state index contributed by atoms with van der Waals surface area (Å²) in [5.74, 6) is 1.12. The van der Waals surface area contributed by atoms with E-state index in [1.807, 2.05) is 0 Å². The van der Waals surface area contributed by atoms with E-state index >= 15 is 0 Å². The number of thiazole rings is 1. The van der Waals surface area contributed by atoms with Gasteiger partial charge in [0.05, 0.1) is 17.7 Å². The maximum atomic E-state index is 12.9. The van der Waals surface area contributed by atoms with E-state index in [4.69, 9.17) is 14.2 Å². The summed E-state index contributed by atoms with van der Waals surface area (Å²) >= 11 is 1.74. The van der Waals surface area contributed by atoms with Gasteiger partial charge in [-0.2, -0.15) is 4.57 Å². The van der Waals surface area contributed by atoms with Crippen molar-refractivity contribution >= 4 is 22.1 Å². The first-order chi connectivity index (χ1) is 23.3. The van der Waals surface area contributed by atoms with Crippen molar-refractivity contribution in [3.63, 3.8) is 0 Å². The fraction of sp³-hybridized carbons (Fsp3) is 0.816. The van der Waals surface area contributed by atoms with Crippen LogP contribution in [0.2, 0.25) is 0 Å². The van der Waals surface area contributed by atoms with Crippen molar-refractivity contribution in [3.8, 4) is 6.01 Å². The summed E-state index contributed by atoms with van der Waals surface area (Å²) < 4.78 is 32.9. The molecule has 2 heterocycles. The Morgan fingerprint density at radius 1 is 0.702 bits per heavy atom. The average Bonchev–Trinajstić information content (AvgIpc) is 3.61. The van der Waals surface area contributed by atoms with Gasteiger partial charge in [-0.1, -0.05) is 121 Å². The molecule has 0 saturated heterocycles. The van der Waals surface area contributed by atoms with E-state index in [2.05, 4.69) is 38.5 Å². The molecule has 0 radical (unpaired) electrons. The predicted molar refractivity (Wildman–Crippen MR) is 198 cm³/mol. The average molecular weight is 695 g/mol. The normalized spacial score (nSPS) is 12.8. The molecule has 0 spiro atoms. The van der Waals surface area contributed by atoms with Gasteiger partial charge in [0.2, 0.25) is 5.51 Å². The molecule has 0 fully saturated rings. The Bertz CT molecular complexity index is 936. The highest BCUT2D eigenvalue weighted by Gasteiger charge is 2.16. The number of nitrogens with zero attached hydrogens (tertiary/aromatic N) is 3. The van der Waals surface area contributed by atoms with E-state index in [0.717, 1.165) is 51.9 Å². The maximum absolute atomic E-state index is 12.9. The molecule has 270 valence electrons. The zero-order valence-electron chi connectivity index (χ0n) is 29.8. The molecule has 0 aliphatic rings. The lowest BCUT2D eigenvalue weighted by Gasteiger charge is -2.17. The molecular formula is C38H68N3O4S2+. The summed E-state index contributed by atoms with van der Waals surface area (Å²) in [6.07, 6.45) is 33.4. The van der Waals surface area contributed by atoms with E-state index in [1.165, 1.54) is 109 Å². The standard InChI is InChI=1S/C38H68N3O4S2/c1-2-3-4-5-6-7-8-9-10-11-12-13-14-15-16-20-31-44-34-37(45-38-39-25-24-26-40-38)35-47(42)33-23-18-22-30-43-29-21-17-19-27-41-28-32-46-36-41/h24-26,28,32,36-37H,2-23,27,29-31,33-35H2,1H3/q+1. The number of unbranched alkanes of at least 4 members (excludes halogenated alkanes) is 19. The summed E-state index contributed by atoms with van der Waals surface area (Å²) in [6, 6.07) is 2.09. The van der Waals surface area contributed by atoms with Crippen LogP contribution >= 0.6 is 11.3 Å². The van der Waals surface area contributed by atoms with Crippen molar-refractivity contribution in [1.29, 1.82) is 0 Å². The smallest absolute Gasteiger partial charge is 0.316 e. The van der Waals surface area contributed by atoms with E-state index in [9.17, 15) is 4.21 Å². The van der Waals surface area contributed by atoms with Crippen LogP contribution in [-0.2, 0) is 26.8 Å². The monoisotopic (exact) mass is 694 g/mol. The van der Waals surface area contributed by atoms with Crippen LogP contribution in [-0.4, -0.2) is 58.2 Å². The van der Waals surface area contributed by atoms with Gasteiger partial charge in [0.25, 0.3) is 0 Å². The Kier molecular flexibility index (Phi) is 28.3. The molecule has 2 unspecified atom stereocenters. The molecule has 2 atom stereocenters. The molecule has 0 aromatic carbocycles. The van der Waals surface area contributed by atoms with Crippen LogP contribution in [0.3, 0.4) is 0 Å². The van der Waals surface area contributed by atoms with Crippen LogP contribution < -0.4 is 9.30 Å². The number of ether oxygens (including phenoxy) is 3. The molecule has 0 N–H and O–H groups in total. The van der Waals surface area contributed by atoms with E-state index in [-0.39, 0.29) is 6.10 Å². The minimum atomic E-state index is -0.971. The first-order valence-corrected chi connectivity index (χ1v) is 21.6. The summed E-state index contributed by atoms with van der Waals surface area (Å²) in [6.45, 7) is 6.14. The van der Waals surface area contributed by atoms with Crippen molar-refractivity contribution in [3.05, 3.63) is 35.5 Å². The second-order valence-electron chi connectivity index (χ2n) is 13.0. The largest absolute Gasteiger partial charge is 0.457 e. The van der Waals surface area contributed by atoms with E-state index in [0.29, 0.717) is 30.7 Å². The number of rotatable bonds is 35. The Morgan fingerprint density at radius 3 is 1.81 bits per heavy atom. The fourth-order valence-corrected chi connectivity index (χ4v) is 7.58. The quantitative estimate of drug-likeness (QED) is 0.0529.